The number of nitro groups is 1. The van der Waals surface area contributed by atoms with Gasteiger partial charge in [-0.2, -0.15) is 0 Å². The van der Waals surface area contributed by atoms with E-state index in [-0.39, 0.29) is 17.3 Å². The predicted octanol–water partition coefficient (Wildman–Crippen LogP) is 6.80. The summed E-state index contributed by atoms with van der Waals surface area (Å²) in [4.78, 5) is 27.3. The fraction of sp³-hybridized carbons (Fsp3) is 0.0833. The van der Waals surface area contributed by atoms with Gasteiger partial charge in [0, 0.05) is 21.7 Å². The Hall–Kier alpha value is -2.32. The molecule has 34 heavy (non-hydrogen) atoms. The minimum Gasteiger partial charge on any atom is -0.487 e. The minimum absolute atomic E-state index is 0.00367. The van der Waals surface area contributed by atoms with E-state index in [0.29, 0.717) is 17.7 Å². The lowest BCUT2D eigenvalue weighted by Crippen LogP contribution is -2.06. The number of benzene rings is 3. The molecule has 7 nitrogen and oxygen atoms in total. The van der Waals surface area contributed by atoms with Crippen molar-refractivity contribution >= 4 is 84.7 Å². The van der Waals surface area contributed by atoms with Crippen LogP contribution in [0.1, 0.15) is 22.3 Å². The van der Waals surface area contributed by atoms with Crippen molar-refractivity contribution in [1.29, 1.82) is 0 Å². The van der Waals surface area contributed by atoms with E-state index in [1.165, 1.54) is 12.1 Å². The van der Waals surface area contributed by atoms with E-state index >= 15 is 0 Å². The summed E-state index contributed by atoms with van der Waals surface area (Å²) < 4.78 is 14.2. The quantitative estimate of drug-likeness (QED) is 0.0912. The highest BCUT2D eigenvalue weighted by atomic mass is 127. The molecule has 0 saturated carbocycles. The zero-order valence-electron chi connectivity index (χ0n) is 17.6. The van der Waals surface area contributed by atoms with Crippen LogP contribution in [0.5, 0.6) is 5.75 Å². The first kappa shape index (κ1) is 24.8. The summed E-state index contributed by atoms with van der Waals surface area (Å²) in [7, 11) is 0. The summed E-state index contributed by atoms with van der Waals surface area (Å²) in [6.45, 7) is 2.06. The molecule has 0 bridgehead atoms. The van der Waals surface area contributed by atoms with Crippen LogP contribution in [-0.4, -0.2) is 16.8 Å². The Morgan fingerprint density at radius 2 is 1.79 bits per heavy atom. The maximum atomic E-state index is 12.4. The van der Waals surface area contributed by atoms with Gasteiger partial charge < -0.3 is 9.47 Å². The van der Waals surface area contributed by atoms with Crippen molar-refractivity contribution in [3.8, 4) is 5.75 Å². The third kappa shape index (κ3) is 5.66. The van der Waals surface area contributed by atoms with Crippen LogP contribution in [-0.2, 0) is 16.1 Å². The zero-order valence-corrected chi connectivity index (χ0v) is 23.5. The Balaban J connectivity index is 1.55. The molecule has 3 aromatic rings. The molecule has 0 atom stereocenters. The Morgan fingerprint density at radius 1 is 1.12 bits per heavy atom. The SMILES string of the molecule is Cc1cc(C2=N/C(=C\c3cc(I)c(OCc4ccc(Br)cc4)c(I)c3)C(=O)O2)ccc1[N+](=O)[O-]. The number of esters is 1. The molecular formula is C24H15BrI2N2O5. The summed E-state index contributed by atoms with van der Waals surface area (Å²) in [5, 5.41) is 11.0. The fourth-order valence-corrected chi connectivity index (χ4v) is 5.61. The lowest BCUT2D eigenvalue weighted by molar-refractivity contribution is -0.385. The molecule has 0 N–H and O–H groups in total. The van der Waals surface area contributed by atoms with E-state index in [1.54, 1.807) is 19.1 Å². The smallest absolute Gasteiger partial charge is 0.363 e. The average molecular weight is 745 g/mol. The minimum atomic E-state index is -0.577. The maximum absolute atomic E-state index is 12.4. The highest BCUT2D eigenvalue weighted by Crippen LogP contribution is 2.31. The Labute approximate surface area is 230 Å². The number of halogens is 3. The molecule has 1 aliphatic rings. The lowest BCUT2D eigenvalue weighted by atomic mass is 10.1. The summed E-state index contributed by atoms with van der Waals surface area (Å²) in [6.07, 6.45) is 1.65. The maximum Gasteiger partial charge on any atom is 0.363 e. The van der Waals surface area contributed by atoms with Gasteiger partial charge in [0.1, 0.15) is 12.4 Å². The normalized spacial score (nSPS) is 14.2. The van der Waals surface area contributed by atoms with Gasteiger partial charge in [-0.05, 0) is 106 Å². The highest BCUT2D eigenvalue weighted by molar-refractivity contribution is 14.1. The molecule has 0 aliphatic carbocycles. The number of ether oxygens (including phenoxy) is 2. The monoisotopic (exact) mass is 744 g/mol. The Bertz CT molecular complexity index is 1350. The number of aryl methyl sites for hydroxylation is 1. The summed E-state index contributed by atoms with van der Waals surface area (Å²) >= 11 is 7.83. The second kappa shape index (κ2) is 10.5. The van der Waals surface area contributed by atoms with Crippen molar-refractivity contribution in [3.63, 3.8) is 0 Å². The van der Waals surface area contributed by atoms with Gasteiger partial charge in [-0.3, -0.25) is 10.1 Å². The molecule has 4 rings (SSSR count). The standard InChI is InChI=1S/C24H15BrI2N2O5/c1-13-8-16(4-7-21(13)29(31)32)23-28-20(24(30)34-23)11-15-9-18(26)22(19(27)10-15)33-12-14-2-5-17(25)6-3-14/h2-11H,12H2,1H3/b20-11-. The van der Waals surface area contributed by atoms with Crippen molar-refractivity contribution in [3.05, 3.63) is 104 Å². The molecule has 0 saturated heterocycles. The van der Waals surface area contributed by atoms with Crippen LogP contribution < -0.4 is 4.74 Å². The number of nitrogens with zero attached hydrogens (tertiary/aromatic N) is 2. The highest BCUT2D eigenvalue weighted by Gasteiger charge is 2.25. The van der Waals surface area contributed by atoms with Crippen molar-refractivity contribution in [2.75, 3.05) is 0 Å². The molecule has 1 aliphatic heterocycles. The molecular weight excluding hydrogens is 730 g/mol. The average Bonchev–Trinajstić information content (AvgIpc) is 3.14. The van der Waals surface area contributed by atoms with E-state index in [9.17, 15) is 14.9 Å². The Morgan fingerprint density at radius 3 is 2.41 bits per heavy atom. The molecule has 0 unspecified atom stereocenters. The van der Waals surface area contributed by atoms with Crippen LogP contribution in [0.25, 0.3) is 6.08 Å². The largest absolute Gasteiger partial charge is 0.487 e. The van der Waals surface area contributed by atoms with Gasteiger partial charge in [-0.25, -0.2) is 9.79 Å². The van der Waals surface area contributed by atoms with Gasteiger partial charge in [0.2, 0.25) is 5.90 Å². The molecule has 10 heteroatoms. The molecule has 0 fully saturated rings. The number of hydrogen-bond acceptors (Lipinski definition) is 6. The first-order valence-corrected chi connectivity index (χ1v) is 12.8. The fourth-order valence-electron chi connectivity index (χ4n) is 3.22. The van der Waals surface area contributed by atoms with E-state index in [1.807, 2.05) is 36.4 Å². The molecule has 1 heterocycles. The predicted molar refractivity (Wildman–Crippen MR) is 149 cm³/mol. The number of cyclic esters (lactones) is 1. The third-order valence-corrected chi connectivity index (χ3v) is 7.01. The summed E-state index contributed by atoms with van der Waals surface area (Å²) in [5.41, 5.74) is 2.94. The molecule has 3 aromatic carbocycles. The van der Waals surface area contributed by atoms with Crippen LogP contribution in [0.4, 0.5) is 5.69 Å². The molecule has 0 amide bonds. The summed E-state index contributed by atoms with van der Waals surface area (Å²) in [6, 6.07) is 16.2. The first-order valence-electron chi connectivity index (χ1n) is 9.85. The van der Waals surface area contributed by atoms with E-state index < -0.39 is 10.9 Å². The van der Waals surface area contributed by atoms with Crippen LogP contribution in [0.3, 0.4) is 0 Å². The topological polar surface area (TPSA) is 91.0 Å². The number of aliphatic imine (C=N–C) groups is 1. The van der Waals surface area contributed by atoms with Crippen molar-refractivity contribution < 1.29 is 19.2 Å². The second-order valence-corrected chi connectivity index (χ2v) is 10.6. The van der Waals surface area contributed by atoms with Crippen molar-refractivity contribution in [2.45, 2.75) is 13.5 Å². The number of hydrogen-bond donors (Lipinski definition) is 0. The van der Waals surface area contributed by atoms with Crippen LogP contribution in [0.2, 0.25) is 0 Å². The third-order valence-electron chi connectivity index (χ3n) is 4.88. The zero-order chi connectivity index (χ0) is 24.4. The van der Waals surface area contributed by atoms with Crippen molar-refractivity contribution in [2.24, 2.45) is 4.99 Å². The number of rotatable bonds is 6. The lowest BCUT2D eigenvalue weighted by Gasteiger charge is -2.11. The van der Waals surface area contributed by atoms with E-state index in [2.05, 4.69) is 66.1 Å². The van der Waals surface area contributed by atoms with Gasteiger partial charge in [0.25, 0.3) is 5.69 Å². The van der Waals surface area contributed by atoms with Crippen LogP contribution in [0, 0.1) is 24.2 Å². The van der Waals surface area contributed by atoms with Gasteiger partial charge in [0.05, 0.1) is 12.1 Å². The summed E-state index contributed by atoms with van der Waals surface area (Å²) in [5.74, 6) is 0.311. The number of carbonyl (C=O) groups is 1. The molecule has 172 valence electrons. The van der Waals surface area contributed by atoms with Gasteiger partial charge in [-0.15, -0.1) is 0 Å². The Kier molecular flexibility index (Phi) is 7.67. The van der Waals surface area contributed by atoms with Gasteiger partial charge >= 0.3 is 5.97 Å². The van der Waals surface area contributed by atoms with Crippen LogP contribution >= 0.6 is 61.1 Å². The second-order valence-electron chi connectivity index (χ2n) is 7.32. The van der Waals surface area contributed by atoms with E-state index in [4.69, 9.17) is 9.47 Å². The molecule has 0 aromatic heterocycles. The van der Waals surface area contributed by atoms with Crippen LogP contribution in [0.15, 0.2) is 69.8 Å². The van der Waals surface area contributed by atoms with Gasteiger partial charge in [-0.1, -0.05) is 28.1 Å². The molecule has 0 radical (unpaired) electrons. The first-order chi connectivity index (χ1) is 16.2. The van der Waals surface area contributed by atoms with Gasteiger partial charge in [0.15, 0.2) is 5.70 Å². The van der Waals surface area contributed by atoms with E-state index in [0.717, 1.165) is 28.5 Å². The van der Waals surface area contributed by atoms with Crippen molar-refractivity contribution in [1.82, 2.24) is 0 Å². The number of nitro benzene ring substituents is 1. The number of carbonyl (C=O) groups excluding carboxylic acids is 1. The molecule has 0 spiro atoms.